The molecule has 1 aliphatic rings. The van der Waals surface area contributed by atoms with Crippen LogP contribution in [-0.4, -0.2) is 30.6 Å². The molecule has 0 amide bonds. The zero-order valence-corrected chi connectivity index (χ0v) is 11.1. The molecule has 3 heteroatoms. The van der Waals surface area contributed by atoms with Crippen LogP contribution in [0.2, 0.25) is 0 Å². The number of aryl methyl sites for hydroxylation is 1. The van der Waals surface area contributed by atoms with Gasteiger partial charge in [-0.1, -0.05) is 6.92 Å². The number of thiophene rings is 1. The SMILES string of the molecule is CCCNC1CCN(Cc2sccc2C)C1. The van der Waals surface area contributed by atoms with Crippen LogP contribution < -0.4 is 5.32 Å². The number of nitrogens with zero attached hydrogens (tertiary/aromatic N) is 1. The Morgan fingerprint density at radius 1 is 1.56 bits per heavy atom. The zero-order chi connectivity index (χ0) is 11.4. The average molecular weight is 238 g/mol. The van der Waals surface area contributed by atoms with E-state index in [1.807, 2.05) is 11.3 Å². The summed E-state index contributed by atoms with van der Waals surface area (Å²) >= 11 is 1.89. The van der Waals surface area contributed by atoms with Crippen molar-refractivity contribution in [2.24, 2.45) is 0 Å². The Bertz CT molecular complexity index is 321. The van der Waals surface area contributed by atoms with E-state index < -0.39 is 0 Å². The first-order chi connectivity index (χ1) is 7.79. The summed E-state index contributed by atoms with van der Waals surface area (Å²) in [4.78, 5) is 4.11. The van der Waals surface area contributed by atoms with Crippen LogP contribution in [0, 0.1) is 6.92 Å². The molecule has 0 aromatic carbocycles. The van der Waals surface area contributed by atoms with Crippen LogP contribution >= 0.6 is 11.3 Å². The highest BCUT2D eigenvalue weighted by Crippen LogP contribution is 2.20. The minimum Gasteiger partial charge on any atom is -0.313 e. The molecule has 90 valence electrons. The molecule has 0 spiro atoms. The molecule has 1 saturated heterocycles. The number of hydrogen-bond acceptors (Lipinski definition) is 3. The third-order valence-corrected chi connectivity index (χ3v) is 4.30. The summed E-state index contributed by atoms with van der Waals surface area (Å²) in [7, 11) is 0. The molecule has 0 aliphatic carbocycles. The Hall–Kier alpha value is -0.380. The number of rotatable bonds is 5. The van der Waals surface area contributed by atoms with Gasteiger partial charge in [0.05, 0.1) is 0 Å². The molecule has 1 N–H and O–H groups in total. The van der Waals surface area contributed by atoms with Crippen molar-refractivity contribution < 1.29 is 0 Å². The fraction of sp³-hybridized carbons (Fsp3) is 0.692. The summed E-state index contributed by atoms with van der Waals surface area (Å²) < 4.78 is 0. The van der Waals surface area contributed by atoms with Gasteiger partial charge in [0.25, 0.3) is 0 Å². The van der Waals surface area contributed by atoms with Crippen LogP contribution in [0.1, 0.15) is 30.2 Å². The van der Waals surface area contributed by atoms with Gasteiger partial charge in [-0.15, -0.1) is 11.3 Å². The molecule has 0 saturated carbocycles. The predicted octanol–water partition coefficient (Wildman–Crippen LogP) is 2.63. The molecule has 2 nitrogen and oxygen atoms in total. The maximum Gasteiger partial charge on any atom is 0.0331 e. The molecule has 2 rings (SSSR count). The van der Waals surface area contributed by atoms with Crippen LogP contribution in [0.25, 0.3) is 0 Å². The summed E-state index contributed by atoms with van der Waals surface area (Å²) in [6.07, 6.45) is 2.55. The van der Waals surface area contributed by atoms with Gasteiger partial charge in [-0.2, -0.15) is 0 Å². The molecule has 0 radical (unpaired) electrons. The Labute approximate surface area is 103 Å². The molecular weight excluding hydrogens is 216 g/mol. The van der Waals surface area contributed by atoms with Crippen LogP contribution in [0.4, 0.5) is 0 Å². The van der Waals surface area contributed by atoms with E-state index in [9.17, 15) is 0 Å². The molecule has 0 bridgehead atoms. The third kappa shape index (κ3) is 3.06. The maximum absolute atomic E-state index is 3.62. The van der Waals surface area contributed by atoms with Crippen molar-refractivity contribution in [3.63, 3.8) is 0 Å². The van der Waals surface area contributed by atoms with Crippen LogP contribution in [-0.2, 0) is 6.54 Å². The zero-order valence-electron chi connectivity index (χ0n) is 10.3. The van der Waals surface area contributed by atoms with E-state index in [1.165, 1.54) is 36.4 Å². The fourth-order valence-electron chi connectivity index (χ4n) is 2.26. The lowest BCUT2D eigenvalue weighted by Crippen LogP contribution is -2.32. The Balaban J connectivity index is 1.79. The van der Waals surface area contributed by atoms with Gasteiger partial charge >= 0.3 is 0 Å². The lowest BCUT2D eigenvalue weighted by molar-refractivity contribution is 0.322. The maximum atomic E-state index is 3.62. The van der Waals surface area contributed by atoms with Gasteiger partial charge in [-0.25, -0.2) is 0 Å². The van der Waals surface area contributed by atoms with Gasteiger partial charge in [0.15, 0.2) is 0 Å². The van der Waals surface area contributed by atoms with Crippen molar-refractivity contribution in [2.75, 3.05) is 19.6 Å². The number of hydrogen-bond donors (Lipinski definition) is 1. The van der Waals surface area contributed by atoms with Gasteiger partial charge in [0, 0.05) is 30.6 Å². The lowest BCUT2D eigenvalue weighted by atomic mass is 10.2. The van der Waals surface area contributed by atoms with E-state index >= 15 is 0 Å². The van der Waals surface area contributed by atoms with Crippen LogP contribution in [0.3, 0.4) is 0 Å². The van der Waals surface area contributed by atoms with Crippen molar-refractivity contribution in [1.82, 2.24) is 10.2 Å². The van der Waals surface area contributed by atoms with Crippen LogP contribution in [0.15, 0.2) is 11.4 Å². The predicted molar refractivity (Wildman–Crippen MR) is 71.0 cm³/mol. The summed E-state index contributed by atoms with van der Waals surface area (Å²) in [5, 5.41) is 5.82. The van der Waals surface area contributed by atoms with Gasteiger partial charge in [0.2, 0.25) is 0 Å². The fourth-order valence-corrected chi connectivity index (χ4v) is 3.21. The summed E-state index contributed by atoms with van der Waals surface area (Å²) in [6.45, 7) is 9.23. The molecule has 1 aliphatic heterocycles. The molecular formula is C13H22N2S. The largest absolute Gasteiger partial charge is 0.313 e. The minimum absolute atomic E-state index is 0.722. The van der Waals surface area contributed by atoms with Crippen LogP contribution in [0.5, 0.6) is 0 Å². The molecule has 2 heterocycles. The van der Waals surface area contributed by atoms with E-state index in [4.69, 9.17) is 0 Å². The second-order valence-electron chi connectivity index (χ2n) is 4.70. The Morgan fingerprint density at radius 2 is 2.44 bits per heavy atom. The smallest absolute Gasteiger partial charge is 0.0331 e. The van der Waals surface area contributed by atoms with Crippen molar-refractivity contribution in [3.05, 3.63) is 21.9 Å². The lowest BCUT2D eigenvalue weighted by Gasteiger charge is -2.16. The van der Waals surface area contributed by atoms with E-state index in [1.54, 1.807) is 0 Å². The molecule has 1 aromatic heterocycles. The highest BCUT2D eigenvalue weighted by molar-refractivity contribution is 7.10. The first-order valence-electron chi connectivity index (χ1n) is 6.28. The van der Waals surface area contributed by atoms with Gasteiger partial charge < -0.3 is 5.32 Å². The van der Waals surface area contributed by atoms with E-state index in [2.05, 4.69) is 35.5 Å². The molecule has 16 heavy (non-hydrogen) atoms. The topological polar surface area (TPSA) is 15.3 Å². The Morgan fingerprint density at radius 3 is 3.12 bits per heavy atom. The van der Waals surface area contributed by atoms with Crippen molar-refractivity contribution in [3.8, 4) is 0 Å². The average Bonchev–Trinajstić information content (AvgIpc) is 2.87. The van der Waals surface area contributed by atoms with Gasteiger partial charge in [-0.05, 0) is 43.3 Å². The molecule has 1 atom stereocenters. The minimum atomic E-state index is 0.722. The Kier molecular flexibility index (Phi) is 4.38. The first kappa shape index (κ1) is 12.1. The second-order valence-corrected chi connectivity index (χ2v) is 5.70. The normalized spacial score (nSPS) is 21.8. The quantitative estimate of drug-likeness (QED) is 0.848. The molecule has 1 unspecified atom stereocenters. The van der Waals surface area contributed by atoms with Crippen molar-refractivity contribution >= 4 is 11.3 Å². The van der Waals surface area contributed by atoms with E-state index in [-0.39, 0.29) is 0 Å². The van der Waals surface area contributed by atoms with E-state index in [0.29, 0.717) is 0 Å². The monoisotopic (exact) mass is 238 g/mol. The number of nitrogens with one attached hydrogen (secondary N) is 1. The van der Waals surface area contributed by atoms with Gasteiger partial charge in [-0.3, -0.25) is 4.90 Å². The van der Waals surface area contributed by atoms with Crippen molar-refractivity contribution in [2.45, 2.75) is 39.3 Å². The molecule has 1 aromatic rings. The second kappa shape index (κ2) is 5.80. The number of likely N-dealkylation sites (tertiary alicyclic amines) is 1. The highest BCUT2D eigenvalue weighted by atomic mass is 32.1. The first-order valence-corrected chi connectivity index (χ1v) is 7.16. The third-order valence-electron chi connectivity index (χ3n) is 3.29. The summed E-state index contributed by atoms with van der Waals surface area (Å²) in [5.74, 6) is 0. The molecule has 1 fully saturated rings. The summed E-state index contributed by atoms with van der Waals surface area (Å²) in [5.41, 5.74) is 1.45. The summed E-state index contributed by atoms with van der Waals surface area (Å²) in [6, 6.07) is 2.95. The van der Waals surface area contributed by atoms with E-state index in [0.717, 1.165) is 19.1 Å². The standard InChI is InChI=1S/C13H22N2S/c1-3-6-14-12-4-7-15(9-12)10-13-11(2)5-8-16-13/h5,8,12,14H,3-4,6-7,9-10H2,1-2H3. The highest BCUT2D eigenvalue weighted by Gasteiger charge is 2.22. The van der Waals surface area contributed by atoms with Gasteiger partial charge in [0.1, 0.15) is 0 Å². The van der Waals surface area contributed by atoms with Crippen molar-refractivity contribution in [1.29, 1.82) is 0 Å².